The van der Waals surface area contributed by atoms with Gasteiger partial charge in [0, 0.05) is 23.8 Å². The van der Waals surface area contributed by atoms with Crippen LogP contribution >= 0.6 is 0 Å². The molecule has 4 heteroatoms. The van der Waals surface area contributed by atoms with Crippen LogP contribution in [0.3, 0.4) is 0 Å². The van der Waals surface area contributed by atoms with E-state index in [4.69, 9.17) is 5.73 Å². The van der Waals surface area contributed by atoms with Gasteiger partial charge in [0.2, 0.25) is 0 Å². The van der Waals surface area contributed by atoms with Gasteiger partial charge in [0.05, 0.1) is 0 Å². The molecular formula is C14H21N3O. The Morgan fingerprint density at radius 2 is 2.11 bits per heavy atom. The lowest BCUT2D eigenvalue weighted by Gasteiger charge is -2.27. The first kappa shape index (κ1) is 12.9. The quantitative estimate of drug-likeness (QED) is 0.892. The zero-order valence-corrected chi connectivity index (χ0v) is 11.1. The van der Waals surface area contributed by atoms with Gasteiger partial charge in [0.1, 0.15) is 5.82 Å². The summed E-state index contributed by atoms with van der Waals surface area (Å²) < 4.78 is 0. The molecule has 0 unspecified atom stereocenters. The molecule has 0 atom stereocenters. The highest BCUT2D eigenvalue weighted by atomic mass is 16.2. The number of amides is 1. The smallest absolute Gasteiger partial charge is 0.254 e. The Hall–Kier alpha value is -1.58. The first-order valence-electron chi connectivity index (χ1n) is 6.67. The molecule has 1 aromatic rings. The highest BCUT2D eigenvalue weighted by Crippen LogP contribution is 2.25. The standard InChI is InChI=1S/C14H21N3O/c1-3-17(12-6-4-5-7-12)14(18)11-8-10(2)16-13(15)9-11/h8-9,12H,3-7H2,1-2H3,(H2,15,16). The molecule has 98 valence electrons. The van der Waals surface area contributed by atoms with Crippen LogP contribution in [0.2, 0.25) is 0 Å². The maximum absolute atomic E-state index is 12.5. The van der Waals surface area contributed by atoms with Crippen molar-refractivity contribution in [3.8, 4) is 0 Å². The van der Waals surface area contributed by atoms with Gasteiger partial charge in [-0.05, 0) is 38.8 Å². The van der Waals surface area contributed by atoms with Gasteiger partial charge in [-0.25, -0.2) is 4.98 Å². The molecule has 1 fully saturated rings. The number of nitrogens with two attached hydrogens (primary N) is 1. The summed E-state index contributed by atoms with van der Waals surface area (Å²) in [5.74, 6) is 0.502. The first-order chi connectivity index (χ1) is 8.61. The molecule has 1 saturated carbocycles. The van der Waals surface area contributed by atoms with Crippen molar-refractivity contribution in [2.24, 2.45) is 0 Å². The van der Waals surface area contributed by atoms with Crippen LogP contribution in [0.1, 0.15) is 48.7 Å². The zero-order valence-electron chi connectivity index (χ0n) is 11.1. The number of hydrogen-bond acceptors (Lipinski definition) is 3. The van der Waals surface area contributed by atoms with Gasteiger partial charge >= 0.3 is 0 Å². The molecule has 0 radical (unpaired) electrons. The minimum Gasteiger partial charge on any atom is -0.384 e. The number of hydrogen-bond donors (Lipinski definition) is 1. The molecular weight excluding hydrogens is 226 g/mol. The van der Waals surface area contributed by atoms with Crippen LogP contribution in [0, 0.1) is 6.92 Å². The third-order valence-corrected chi connectivity index (χ3v) is 3.59. The molecule has 2 N–H and O–H groups in total. The third kappa shape index (κ3) is 2.63. The number of aromatic nitrogens is 1. The zero-order chi connectivity index (χ0) is 13.1. The van der Waals surface area contributed by atoms with Crippen molar-refractivity contribution in [3.05, 3.63) is 23.4 Å². The van der Waals surface area contributed by atoms with Gasteiger partial charge < -0.3 is 10.6 Å². The van der Waals surface area contributed by atoms with E-state index < -0.39 is 0 Å². The summed E-state index contributed by atoms with van der Waals surface area (Å²) in [7, 11) is 0. The van der Waals surface area contributed by atoms with Crippen LogP contribution in [0.5, 0.6) is 0 Å². The van der Waals surface area contributed by atoms with Crippen LogP contribution in [-0.4, -0.2) is 28.4 Å². The minimum atomic E-state index is 0.0848. The van der Waals surface area contributed by atoms with Crippen molar-refractivity contribution >= 4 is 11.7 Å². The van der Waals surface area contributed by atoms with Crippen molar-refractivity contribution in [2.45, 2.75) is 45.6 Å². The number of aryl methyl sites for hydroxylation is 1. The average molecular weight is 247 g/mol. The van der Waals surface area contributed by atoms with E-state index in [1.165, 1.54) is 12.8 Å². The topological polar surface area (TPSA) is 59.2 Å². The van der Waals surface area contributed by atoms with Gasteiger partial charge in [-0.15, -0.1) is 0 Å². The second-order valence-electron chi connectivity index (χ2n) is 4.95. The summed E-state index contributed by atoms with van der Waals surface area (Å²) in [5.41, 5.74) is 7.16. The van der Waals surface area contributed by atoms with Crippen molar-refractivity contribution in [3.63, 3.8) is 0 Å². The summed E-state index contributed by atoms with van der Waals surface area (Å²) in [5, 5.41) is 0. The van der Waals surface area contributed by atoms with E-state index in [9.17, 15) is 4.79 Å². The third-order valence-electron chi connectivity index (χ3n) is 3.59. The van der Waals surface area contributed by atoms with Crippen molar-refractivity contribution in [2.75, 3.05) is 12.3 Å². The predicted octanol–water partition coefficient (Wildman–Crippen LogP) is 2.38. The molecule has 0 aliphatic heterocycles. The number of nitrogens with zero attached hydrogens (tertiary/aromatic N) is 2. The number of nitrogen functional groups attached to an aromatic ring is 1. The van der Waals surface area contributed by atoms with Crippen molar-refractivity contribution < 1.29 is 4.79 Å². The van der Waals surface area contributed by atoms with Crippen LogP contribution < -0.4 is 5.73 Å². The minimum absolute atomic E-state index is 0.0848. The molecule has 18 heavy (non-hydrogen) atoms. The summed E-state index contributed by atoms with van der Waals surface area (Å²) in [6.07, 6.45) is 4.70. The molecule has 2 rings (SSSR count). The lowest BCUT2D eigenvalue weighted by atomic mass is 10.1. The lowest BCUT2D eigenvalue weighted by molar-refractivity contribution is 0.0693. The molecule has 0 bridgehead atoms. The predicted molar refractivity (Wildman–Crippen MR) is 72.4 cm³/mol. The van der Waals surface area contributed by atoms with Gasteiger partial charge in [0.15, 0.2) is 0 Å². The van der Waals surface area contributed by atoms with Crippen LogP contribution in [0.15, 0.2) is 12.1 Å². The molecule has 1 heterocycles. The molecule has 0 aromatic carbocycles. The monoisotopic (exact) mass is 247 g/mol. The Labute approximate surface area is 108 Å². The fraction of sp³-hybridized carbons (Fsp3) is 0.571. The van der Waals surface area contributed by atoms with E-state index in [1.807, 2.05) is 24.8 Å². The number of pyridine rings is 1. The number of rotatable bonds is 3. The van der Waals surface area contributed by atoms with E-state index >= 15 is 0 Å². The molecule has 1 aliphatic carbocycles. The molecule has 0 saturated heterocycles. The van der Waals surface area contributed by atoms with Gasteiger partial charge in [-0.1, -0.05) is 12.8 Å². The van der Waals surface area contributed by atoms with E-state index in [-0.39, 0.29) is 5.91 Å². The Morgan fingerprint density at radius 3 is 2.67 bits per heavy atom. The number of carbonyl (C=O) groups excluding carboxylic acids is 1. The van der Waals surface area contributed by atoms with E-state index in [1.54, 1.807) is 6.07 Å². The van der Waals surface area contributed by atoms with E-state index in [0.29, 0.717) is 17.4 Å². The molecule has 0 spiro atoms. The summed E-state index contributed by atoms with van der Waals surface area (Å²) in [6.45, 7) is 4.65. The lowest BCUT2D eigenvalue weighted by Crippen LogP contribution is -2.38. The van der Waals surface area contributed by atoms with E-state index in [0.717, 1.165) is 25.1 Å². The van der Waals surface area contributed by atoms with Gasteiger partial charge in [-0.3, -0.25) is 4.79 Å². The summed E-state index contributed by atoms with van der Waals surface area (Å²) in [6, 6.07) is 3.89. The Kier molecular flexibility index (Phi) is 3.84. The van der Waals surface area contributed by atoms with Gasteiger partial charge in [-0.2, -0.15) is 0 Å². The van der Waals surface area contributed by atoms with Crippen molar-refractivity contribution in [1.29, 1.82) is 0 Å². The first-order valence-corrected chi connectivity index (χ1v) is 6.67. The normalized spacial score (nSPS) is 15.9. The molecule has 1 aromatic heterocycles. The van der Waals surface area contributed by atoms with E-state index in [2.05, 4.69) is 4.98 Å². The Morgan fingerprint density at radius 1 is 1.44 bits per heavy atom. The average Bonchev–Trinajstić information content (AvgIpc) is 2.82. The number of anilines is 1. The molecule has 1 amide bonds. The highest BCUT2D eigenvalue weighted by molar-refractivity contribution is 5.95. The number of carbonyl (C=O) groups is 1. The second-order valence-corrected chi connectivity index (χ2v) is 4.95. The fourth-order valence-corrected chi connectivity index (χ4v) is 2.77. The highest BCUT2D eigenvalue weighted by Gasteiger charge is 2.26. The summed E-state index contributed by atoms with van der Waals surface area (Å²) in [4.78, 5) is 18.6. The van der Waals surface area contributed by atoms with Crippen LogP contribution in [0.25, 0.3) is 0 Å². The second kappa shape index (κ2) is 5.38. The SMILES string of the molecule is CCN(C(=O)c1cc(C)nc(N)c1)C1CCCC1. The van der Waals surface area contributed by atoms with Crippen molar-refractivity contribution in [1.82, 2.24) is 9.88 Å². The largest absolute Gasteiger partial charge is 0.384 e. The van der Waals surface area contributed by atoms with Crippen LogP contribution in [0.4, 0.5) is 5.82 Å². The van der Waals surface area contributed by atoms with Crippen LogP contribution in [-0.2, 0) is 0 Å². The Bertz CT molecular complexity index is 418. The maximum atomic E-state index is 12.5. The maximum Gasteiger partial charge on any atom is 0.254 e. The fourth-order valence-electron chi connectivity index (χ4n) is 2.77. The molecule has 4 nitrogen and oxygen atoms in total. The summed E-state index contributed by atoms with van der Waals surface area (Å²) >= 11 is 0. The molecule has 1 aliphatic rings. The van der Waals surface area contributed by atoms with Gasteiger partial charge in [0.25, 0.3) is 5.91 Å². The Balaban J connectivity index is 2.22.